The predicted octanol–water partition coefficient (Wildman–Crippen LogP) is 6.28. The molecule has 0 bridgehead atoms. The monoisotopic (exact) mass is 559 g/mol. The molecule has 8 nitrogen and oxygen atoms in total. The molecule has 0 saturated carbocycles. The fraction of sp³-hybridized carbons (Fsp3) is 0.235. The summed E-state index contributed by atoms with van der Waals surface area (Å²) in [5, 5.41) is 2.82. The van der Waals surface area contributed by atoms with Gasteiger partial charge in [-0.15, -0.1) is 0 Å². The summed E-state index contributed by atoms with van der Waals surface area (Å²) in [6, 6.07) is 22.4. The normalized spacial score (nSPS) is 19.1. The Morgan fingerprint density at radius 3 is 2.62 bits per heavy atom. The van der Waals surface area contributed by atoms with Crippen LogP contribution in [0.2, 0.25) is 0 Å². The van der Waals surface area contributed by atoms with E-state index in [0.29, 0.717) is 22.7 Å². The quantitative estimate of drug-likeness (QED) is 0.225. The number of ether oxygens (including phenoxy) is 3. The molecule has 210 valence electrons. The van der Waals surface area contributed by atoms with Gasteiger partial charge in [0.15, 0.2) is 5.60 Å². The highest BCUT2D eigenvalue weighted by Crippen LogP contribution is 2.59. The number of amides is 1. The van der Waals surface area contributed by atoms with Gasteiger partial charge in [-0.2, -0.15) is 0 Å². The van der Waals surface area contributed by atoms with Crippen LogP contribution < -0.4 is 20.7 Å². The van der Waals surface area contributed by atoms with Crippen molar-refractivity contribution < 1.29 is 23.8 Å². The van der Waals surface area contributed by atoms with Gasteiger partial charge in [0, 0.05) is 58.5 Å². The van der Waals surface area contributed by atoms with Crippen molar-refractivity contribution in [2.24, 2.45) is 0 Å². The van der Waals surface area contributed by atoms with Crippen LogP contribution in [0.25, 0.3) is 0 Å². The van der Waals surface area contributed by atoms with Crippen molar-refractivity contribution in [3.8, 4) is 11.5 Å². The molecule has 1 spiro atoms. The molecule has 0 fully saturated rings. The molecule has 4 aromatic carbocycles. The van der Waals surface area contributed by atoms with Crippen LogP contribution in [0.15, 0.2) is 72.8 Å². The molecule has 42 heavy (non-hydrogen) atoms. The molecular formula is C34H29N3O5. The number of fused-ring (bicyclic) bond motifs is 7. The van der Waals surface area contributed by atoms with E-state index in [1.807, 2.05) is 42.5 Å². The van der Waals surface area contributed by atoms with E-state index in [2.05, 4.69) is 16.3 Å². The van der Waals surface area contributed by atoms with Gasteiger partial charge in [0.1, 0.15) is 18.1 Å². The number of anilines is 3. The van der Waals surface area contributed by atoms with E-state index >= 15 is 0 Å². The number of hydrogen-bond acceptors (Lipinski definition) is 7. The Kier molecular flexibility index (Phi) is 5.47. The van der Waals surface area contributed by atoms with E-state index < -0.39 is 11.7 Å². The fourth-order valence-electron chi connectivity index (χ4n) is 6.97. The highest BCUT2D eigenvalue weighted by molar-refractivity contribution is 5.97. The highest BCUT2D eigenvalue weighted by atomic mass is 16.6. The van der Waals surface area contributed by atoms with E-state index in [1.54, 1.807) is 24.3 Å². The van der Waals surface area contributed by atoms with Gasteiger partial charge >= 0.3 is 12.1 Å². The molecule has 8 rings (SSSR count). The van der Waals surface area contributed by atoms with Gasteiger partial charge in [0.05, 0.1) is 5.56 Å². The molecular weight excluding hydrogens is 530 g/mol. The number of rotatable bonds is 3. The van der Waals surface area contributed by atoms with Crippen LogP contribution in [-0.2, 0) is 34.5 Å². The van der Waals surface area contributed by atoms with Crippen LogP contribution >= 0.6 is 0 Å². The number of nitrogen functional groups attached to an aromatic ring is 1. The van der Waals surface area contributed by atoms with Crippen molar-refractivity contribution >= 4 is 29.1 Å². The van der Waals surface area contributed by atoms with Crippen molar-refractivity contribution in [3.05, 3.63) is 112 Å². The molecule has 1 amide bonds. The smallest absolute Gasteiger partial charge is 0.411 e. The molecule has 0 radical (unpaired) electrons. The van der Waals surface area contributed by atoms with Gasteiger partial charge < -0.3 is 24.8 Å². The molecule has 8 heteroatoms. The summed E-state index contributed by atoms with van der Waals surface area (Å²) in [7, 11) is 0. The lowest BCUT2D eigenvalue weighted by atomic mass is 9.75. The average Bonchev–Trinajstić information content (AvgIpc) is 3.30. The molecule has 0 aromatic heterocycles. The number of esters is 1. The summed E-state index contributed by atoms with van der Waals surface area (Å²) in [6.45, 7) is 2.18. The number of nitrogens with two attached hydrogens (primary N) is 1. The molecule has 0 aliphatic carbocycles. The topological polar surface area (TPSA) is 103 Å². The number of aryl methyl sites for hydroxylation is 1. The second-order valence-corrected chi connectivity index (χ2v) is 11.3. The first-order valence-corrected chi connectivity index (χ1v) is 14.4. The minimum Gasteiger partial charge on any atom is -0.456 e. The average molecular weight is 560 g/mol. The fourth-order valence-corrected chi connectivity index (χ4v) is 6.97. The van der Waals surface area contributed by atoms with Gasteiger partial charge in [0.2, 0.25) is 0 Å². The van der Waals surface area contributed by atoms with E-state index in [-0.39, 0.29) is 12.6 Å². The molecule has 4 aliphatic rings. The largest absolute Gasteiger partial charge is 0.456 e. The molecule has 4 aliphatic heterocycles. The van der Waals surface area contributed by atoms with Crippen LogP contribution in [0.4, 0.5) is 21.9 Å². The third-order valence-electron chi connectivity index (χ3n) is 8.79. The molecule has 1 unspecified atom stereocenters. The van der Waals surface area contributed by atoms with Gasteiger partial charge in [-0.25, -0.2) is 9.59 Å². The van der Waals surface area contributed by atoms with Crippen LogP contribution in [0.3, 0.4) is 0 Å². The number of nitrogens with zero attached hydrogens (tertiary/aromatic N) is 1. The summed E-state index contributed by atoms with van der Waals surface area (Å²) in [5.74, 6) is 0.929. The lowest BCUT2D eigenvalue weighted by Gasteiger charge is -2.42. The summed E-state index contributed by atoms with van der Waals surface area (Å²) in [4.78, 5) is 28.5. The van der Waals surface area contributed by atoms with Crippen LogP contribution in [-0.4, -0.2) is 25.2 Å². The maximum absolute atomic E-state index is 13.3. The first-order valence-electron chi connectivity index (χ1n) is 14.4. The highest BCUT2D eigenvalue weighted by Gasteiger charge is 2.54. The first-order chi connectivity index (χ1) is 20.5. The van der Waals surface area contributed by atoms with E-state index in [9.17, 15) is 9.59 Å². The molecule has 4 aromatic rings. The zero-order valence-corrected chi connectivity index (χ0v) is 22.9. The molecule has 0 saturated heterocycles. The van der Waals surface area contributed by atoms with Crippen molar-refractivity contribution in [3.63, 3.8) is 0 Å². The Morgan fingerprint density at radius 2 is 1.76 bits per heavy atom. The standard InChI is InChI=1S/C34H29N3O5/c35-22-11-9-20(10-12-22)19-40-33(39)36-23-13-14-27-29(18-23)41-31-25-7-4-16-37-15-3-5-21(30(25)37)17-28(31)34(27)26-8-2-1-6-24(26)32(38)42-34/h1-2,6,8-14,17-18H,3-5,7,15-16,19,35H2,(H,36,39). The summed E-state index contributed by atoms with van der Waals surface area (Å²) >= 11 is 0. The van der Waals surface area contributed by atoms with Crippen LogP contribution in [0, 0.1) is 0 Å². The minimum atomic E-state index is -1.14. The summed E-state index contributed by atoms with van der Waals surface area (Å²) in [5.41, 5.74) is 13.3. The third-order valence-corrected chi connectivity index (χ3v) is 8.79. The SMILES string of the molecule is Nc1ccc(COC(=O)Nc2ccc3c(c2)Oc2c(cc4c5c2CCCN5CCC4)C32OC(=O)c3ccccc32)cc1. The second kappa shape index (κ2) is 9.27. The van der Waals surface area contributed by atoms with E-state index in [1.165, 1.54) is 16.8 Å². The summed E-state index contributed by atoms with van der Waals surface area (Å²) < 4.78 is 18.6. The van der Waals surface area contributed by atoms with Gasteiger partial charge in [-0.1, -0.05) is 30.3 Å². The maximum Gasteiger partial charge on any atom is 0.411 e. The number of carbonyl (C=O) groups excluding carboxylic acids is 2. The number of carbonyl (C=O) groups is 2. The number of benzene rings is 4. The van der Waals surface area contributed by atoms with Crippen molar-refractivity contribution in [2.75, 3.05) is 29.0 Å². The zero-order chi connectivity index (χ0) is 28.4. The Morgan fingerprint density at radius 1 is 0.952 bits per heavy atom. The van der Waals surface area contributed by atoms with E-state index in [0.717, 1.165) is 66.8 Å². The van der Waals surface area contributed by atoms with Crippen molar-refractivity contribution in [2.45, 2.75) is 37.9 Å². The number of nitrogens with one attached hydrogen (secondary N) is 1. The first kappa shape index (κ1) is 24.8. The molecule has 4 heterocycles. The maximum atomic E-state index is 13.3. The zero-order valence-electron chi connectivity index (χ0n) is 22.9. The van der Waals surface area contributed by atoms with Crippen molar-refractivity contribution in [1.29, 1.82) is 0 Å². The van der Waals surface area contributed by atoms with Crippen LogP contribution in [0.5, 0.6) is 11.5 Å². The van der Waals surface area contributed by atoms with Gasteiger partial charge in [-0.3, -0.25) is 5.32 Å². The number of hydrogen-bond donors (Lipinski definition) is 2. The summed E-state index contributed by atoms with van der Waals surface area (Å²) in [6.07, 6.45) is 3.40. The third kappa shape index (κ3) is 3.67. The Bertz CT molecular complexity index is 1780. The second-order valence-electron chi connectivity index (χ2n) is 11.3. The van der Waals surface area contributed by atoms with Gasteiger partial charge in [-0.05, 0) is 73.2 Å². The van der Waals surface area contributed by atoms with Crippen LogP contribution in [0.1, 0.15) is 56.6 Å². The predicted molar refractivity (Wildman–Crippen MR) is 158 cm³/mol. The Balaban J connectivity index is 1.21. The Labute approximate surface area is 243 Å². The lowest BCUT2D eigenvalue weighted by Crippen LogP contribution is -2.38. The lowest BCUT2D eigenvalue weighted by molar-refractivity contribution is 0.0223. The molecule has 3 N–H and O–H groups in total. The molecule has 1 atom stereocenters. The Hall–Kier alpha value is -4.98. The minimum absolute atomic E-state index is 0.113. The van der Waals surface area contributed by atoms with Gasteiger partial charge in [0.25, 0.3) is 0 Å². The van der Waals surface area contributed by atoms with Crippen molar-refractivity contribution in [1.82, 2.24) is 0 Å². The van der Waals surface area contributed by atoms with E-state index in [4.69, 9.17) is 19.9 Å².